The van der Waals surface area contributed by atoms with Crippen molar-refractivity contribution in [2.75, 3.05) is 37.9 Å². The van der Waals surface area contributed by atoms with Gasteiger partial charge in [0.05, 0.1) is 22.8 Å². The second-order valence-corrected chi connectivity index (χ2v) is 7.45. The van der Waals surface area contributed by atoms with Crippen LogP contribution in [0.15, 0.2) is 48.6 Å². The number of halogens is 3. The fourth-order valence-corrected chi connectivity index (χ4v) is 2.98. The number of carbonyl (C=O) groups is 1. The highest BCUT2D eigenvalue weighted by Gasteiger charge is 2.16. The molecule has 2 aromatic carbocycles. The largest absolute Gasteiger partial charge is 0.492 e. The lowest BCUT2D eigenvalue weighted by Crippen LogP contribution is -2.16. The summed E-state index contributed by atoms with van der Waals surface area (Å²) in [5, 5.41) is 6.08. The van der Waals surface area contributed by atoms with E-state index in [-0.39, 0.29) is 17.3 Å². The highest BCUT2D eigenvalue weighted by atomic mass is 35.5. The van der Waals surface area contributed by atoms with Crippen LogP contribution < -0.4 is 15.4 Å². The molecule has 168 valence electrons. The molecule has 10 heteroatoms. The van der Waals surface area contributed by atoms with E-state index in [0.717, 1.165) is 0 Å². The molecule has 0 fully saturated rings. The molecule has 2 N–H and O–H groups in total. The van der Waals surface area contributed by atoms with Crippen molar-refractivity contribution in [2.45, 2.75) is 6.92 Å². The number of likely N-dealkylation sites (N-methyl/N-ethyl adjacent to an activating group) is 1. The highest BCUT2D eigenvalue weighted by molar-refractivity contribution is 6.31. The van der Waals surface area contributed by atoms with Gasteiger partial charge in [-0.1, -0.05) is 11.6 Å². The van der Waals surface area contributed by atoms with E-state index in [1.165, 1.54) is 30.6 Å². The van der Waals surface area contributed by atoms with Crippen LogP contribution in [0, 0.1) is 5.82 Å². The van der Waals surface area contributed by atoms with E-state index in [2.05, 4.69) is 20.6 Å². The van der Waals surface area contributed by atoms with Gasteiger partial charge in [0.1, 0.15) is 23.7 Å². The molecule has 0 spiro atoms. The van der Waals surface area contributed by atoms with Crippen LogP contribution in [0.2, 0.25) is 5.02 Å². The number of rotatable bonds is 8. The molecule has 0 bridgehead atoms. The number of carbonyl (C=O) groups excluding carboxylic acids is 1. The van der Waals surface area contributed by atoms with E-state index in [1.807, 2.05) is 0 Å². The Kier molecular flexibility index (Phi) is 7.55. The van der Waals surface area contributed by atoms with Gasteiger partial charge < -0.3 is 20.3 Å². The molecule has 0 aliphatic rings. The average molecular weight is 462 g/mol. The summed E-state index contributed by atoms with van der Waals surface area (Å²) in [5.41, 5.74) is 1.29. The van der Waals surface area contributed by atoms with Gasteiger partial charge in [0, 0.05) is 23.7 Å². The van der Waals surface area contributed by atoms with Crippen LogP contribution in [-0.4, -0.2) is 48.0 Å². The summed E-state index contributed by atoms with van der Waals surface area (Å²) < 4.78 is 33.3. The first-order valence-electron chi connectivity index (χ1n) is 9.73. The summed E-state index contributed by atoms with van der Waals surface area (Å²) in [5.74, 6) is -1.63. The third kappa shape index (κ3) is 5.68. The zero-order valence-corrected chi connectivity index (χ0v) is 18.5. The molecule has 0 unspecified atom stereocenters. The molecule has 3 aromatic rings. The second-order valence-electron chi connectivity index (χ2n) is 7.04. The van der Waals surface area contributed by atoms with Crippen molar-refractivity contribution in [3.8, 4) is 5.75 Å². The number of amides is 1. The van der Waals surface area contributed by atoms with Crippen molar-refractivity contribution in [2.24, 2.45) is 0 Å². The van der Waals surface area contributed by atoms with Gasteiger partial charge in [-0.15, -0.1) is 0 Å². The molecule has 0 saturated carbocycles. The summed E-state index contributed by atoms with van der Waals surface area (Å²) in [6.45, 7) is 2.40. The summed E-state index contributed by atoms with van der Waals surface area (Å²) in [6.07, 6.45) is 2.54. The Morgan fingerprint density at radius 2 is 2.03 bits per heavy atom. The van der Waals surface area contributed by atoms with Crippen molar-refractivity contribution in [1.82, 2.24) is 14.9 Å². The molecular formula is C22H22ClF2N5O2. The van der Waals surface area contributed by atoms with Crippen LogP contribution in [0.4, 0.5) is 26.0 Å². The van der Waals surface area contributed by atoms with Crippen molar-refractivity contribution in [3.63, 3.8) is 0 Å². The van der Waals surface area contributed by atoms with E-state index >= 15 is 0 Å². The molecule has 7 nitrogen and oxygen atoms in total. The molecule has 1 heterocycles. The first-order chi connectivity index (χ1) is 15.3. The minimum Gasteiger partial charge on any atom is -0.492 e. The van der Waals surface area contributed by atoms with E-state index in [0.29, 0.717) is 34.8 Å². The van der Waals surface area contributed by atoms with Gasteiger partial charge in [0.2, 0.25) is 0 Å². The van der Waals surface area contributed by atoms with E-state index in [9.17, 15) is 13.6 Å². The second kappa shape index (κ2) is 10.3. The number of benzene rings is 2. The van der Waals surface area contributed by atoms with Crippen molar-refractivity contribution in [1.29, 1.82) is 0 Å². The molecule has 0 radical (unpaired) electrons. The molecule has 3 rings (SSSR count). The van der Waals surface area contributed by atoms with Crippen molar-refractivity contribution in [3.05, 3.63) is 59.4 Å². The first kappa shape index (κ1) is 23.4. The quantitative estimate of drug-likeness (QED) is 0.464. The van der Waals surface area contributed by atoms with Gasteiger partial charge in [-0.2, -0.15) is 0 Å². The molecule has 0 aliphatic heterocycles. The topological polar surface area (TPSA) is 79.4 Å². The summed E-state index contributed by atoms with van der Waals surface area (Å²) in [4.78, 5) is 22.5. The predicted molar refractivity (Wildman–Crippen MR) is 122 cm³/mol. The average Bonchev–Trinajstić information content (AvgIpc) is 2.75. The highest BCUT2D eigenvalue weighted by Crippen LogP contribution is 2.34. The van der Waals surface area contributed by atoms with Gasteiger partial charge in [-0.3, -0.25) is 4.79 Å². The van der Waals surface area contributed by atoms with Crippen LogP contribution in [-0.2, 0) is 4.79 Å². The van der Waals surface area contributed by atoms with Gasteiger partial charge in [0.15, 0.2) is 5.83 Å². The minimum absolute atomic E-state index is 0.0417. The maximum absolute atomic E-state index is 14.2. The lowest BCUT2D eigenvalue weighted by Gasteiger charge is -2.14. The maximum Gasteiger partial charge on any atom is 0.284 e. The lowest BCUT2D eigenvalue weighted by atomic mass is 10.1. The Morgan fingerprint density at radius 1 is 1.25 bits per heavy atom. The molecule has 0 saturated heterocycles. The number of aromatic nitrogens is 2. The Labute approximate surface area is 189 Å². The molecule has 1 aromatic heterocycles. The monoisotopic (exact) mass is 461 g/mol. The zero-order chi connectivity index (χ0) is 23.3. The van der Waals surface area contributed by atoms with Crippen molar-refractivity contribution < 1.29 is 18.3 Å². The Bertz CT molecular complexity index is 1170. The van der Waals surface area contributed by atoms with Gasteiger partial charge in [-0.25, -0.2) is 18.7 Å². The van der Waals surface area contributed by atoms with Crippen LogP contribution in [0.1, 0.15) is 6.92 Å². The maximum atomic E-state index is 14.2. The van der Waals surface area contributed by atoms with E-state index in [1.54, 1.807) is 38.1 Å². The molecule has 0 aliphatic carbocycles. The summed E-state index contributed by atoms with van der Waals surface area (Å²) >= 11 is 5.86. The molecule has 32 heavy (non-hydrogen) atoms. The van der Waals surface area contributed by atoms with Crippen LogP contribution in [0.5, 0.6) is 5.75 Å². The van der Waals surface area contributed by atoms with Crippen LogP contribution in [0.25, 0.3) is 10.9 Å². The van der Waals surface area contributed by atoms with Gasteiger partial charge in [0.25, 0.3) is 5.91 Å². The summed E-state index contributed by atoms with van der Waals surface area (Å²) in [7, 11) is 3.53. The fraction of sp³-hybridized carbons (Fsp3) is 0.227. The van der Waals surface area contributed by atoms with Gasteiger partial charge in [-0.05, 0) is 51.4 Å². The Balaban J connectivity index is 1.99. The number of nitrogens with one attached hydrogen (secondary N) is 2. The third-order valence-electron chi connectivity index (χ3n) is 4.32. The van der Waals surface area contributed by atoms with Crippen molar-refractivity contribution >= 4 is 45.6 Å². The predicted octanol–water partition coefficient (Wildman–Crippen LogP) is 4.92. The molecular weight excluding hydrogens is 440 g/mol. The lowest BCUT2D eigenvalue weighted by molar-refractivity contribution is -0.114. The summed E-state index contributed by atoms with van der Waals surface area (Å²) in [6, 6.07) is 7.38. The van der Waals surface area contributed by atoms with Crippen LogP contribution in [0.3, 0.4) is 0 Å². The molecule has 0 atom stereocenters. The SMILES string of the molecule is CCOc1cc2ncnc(Nc3ccc(F)c(Cl)c3)c2cc1NC(=O)C(F)=CCN(C)C. The van der Waals surface area contributed by atoms with Gasteiger partial charge >= 0.3 is 0 Å². The van der Waals surface area contributed by atoms with E-state index < -0.39 is 17.6 Å². The van der Waals surface area contributed by atoms with E-state index in [4.69, 9.17) is 16.3 Å². The first-order valence-corrected chi connectivity index (χ1v) is 10.1. The number of hydrogen-bond donors (Lipinski definition) is 2. The number of ether oxygens (including phenoxy) is 1. The minimum atomic E-state index is -0.912. The smallest absolute Gasteiger partial charge is 0.284 e. The molecule has 1 amide bonds. The Morgan fingerprint density at radius 3 is 2.72 bits per heavy atom. The zero-order valence-electron chi connectivity index (χ0n) is 17.7. The Hall–Kier alpha value is -3.30. The fourth-order valence-electron chi connectivity index (χ4n) is 2.80. The standard InChI is InChI=1S/C22H22ClF2N5O2/c1-4-32-20-11-18-14(10-19(20)29-22(31)17(25)7-8-30(2)3)21(27-12-26-18)28-13-5-6-16(24)15(23)9-13/h5-7,9-12H,4,8H2,1-3H3,(H,29,31)(H,26,27,28). The van der Waals surface area contributed by atoms with Crippen LogP contribution >= 0.6 is 11.6 Å². The number of hydrogen-bond acceptors (Lipinski definition) is 6. The normalized spacial score (nSPS) is 11.7. The number of nitrogens with zero attached hydrogens (tertiary/aromatic N) is 3. The third-order valence-corrected chi connectivity index (χ3v) is 4.61. The number of fused-ring (bicyclic) bond motifs is 1. The number of anilines is 3.